The van der Waals surface area contributed by atoms with Crippen molar-refractivity contribution in [3.05, 3.63) is 10.6 Å². The van der Waals surface area contributed by atoms with Gasteiger partial charge in [0.1, 0.15) is 0 Å². The third-order valence-electron chi connectivity index (χ3n) is 8.63. The first-order chi connectivity index (χ1) is 23.2. The van der Waals surface area contributed by atoms with Crippen LogP contribution in [0.15, 0.2) is 0 Å². The van der Waals surface area contributed by atoms with Crippen molar-refractivity contribution >= 4 is 0 Å². The van der Waals surface area contributed by atoms with E-state index < -0.39 is 0 Å². The number of ether oxygens (including phenoxy) is 3. The number of nitrogens with zero attached hydrogens (tertiary/aromatic N) is 5. The maximum Gasteiger partial charge on any atom is 0.0627 e. The van der Waals surface area contributed by atoms with Crippen molar-refractivity contribution in [1.82, 2.24) is 14.7 Å². The van der Waals surface area contributed by atoms with Gasteiger partial charge in [0.25, 0.3) is 0 Å². The summed E-state index contributed by atoms with van der Waals surface area (Å²) < 4.78 is 16.2. The minimum absolute atomic E-state index is 0. The first-order valence-corrected chi connectivity index (χ1v) is 20.4. The van der Waals surface area contributed by atoms with Crippen LogP contribution in [0.5, 0.6) is 0 Å². The quantitative estimate of drug-likeness (QED) is 0.241. The minimum Gasteiger partial charge on any atom is -0.660 e. The Kier molecular flexibility index (Phi) is 45.5. The molecule has 0 radical (unpaired) electrons. The van der Waals surface area contributed by atoms with Crippen molar-refractivity contribution < 1.29 is 56.3 Å². The van der Waals surface area contributed by atoms with Gasteiger partial charge >= 0.3 is 0 Å². The number of hydrogen-bond acceptors (Lipinski definition) is 6. The molecule has 10 heteroatoms. The van der Waals surface area contributed by atoms with Gasteiger partial charge in [0.15, 0.2) is 0 Å². The summed E-state index contributed by atoms with van der Waals surface area (Å²) in [5, 5.41) is 8.73. The summed E-state index contributed by atoms with van der Waals surface area (Å²) >= 11 is 0. The van der Waals surface area contributed by atoms with Gasteiger partial charge in [0.05, 0.1) is 26.4 Å². The van der Waals surface area contributed by atoms with Crippen molar-refractivity contribution in [2.24, 2.45) is 16.2 Å². The van der Waals surface area contributed by atoms with E-state index in [0.717, 1.165) is 85.4 Å². The van der Waals surface area contributed by atoms with Crippen molar-refractivity contribution in [2.75, 3.05) is 99.5 Å². The van der Waals surface area contributed by atoms with Crippen LogP contribution in [0.2, 0.25) is 0 Å². The van der Waals surface area contributed by atoms with Crippen LogP contribution < -0.4 is 0 Å². The first kappa shape index (κ1) is 64.9. The predicted molar refractivity (Wildman–Crippen MR) is 225 cm³/mol. The van der Waals surface area contributed by atoms with E-state index in [1.54, 1.807) is 0 Å². The topological polar surface area (TPSA) is 65.6 Å². The van der Waals surface area contributed by atoms with E-state index in [9.17, 15) is 0 Å². The van der Waals surface area contributed by atoms with Gasteiger partial charge in [-0.1, -0.05) is 118 Å². The largest absolute Gasteiger partial charge is 0.660 e. The Hall–Kier alpha value is 1.06. The van der Waals surface area contributed by atoms with Crippen molar-refractivity contribution in [1.29, 1.82) is 0 Å². The summed E-state index contributed by atoms with van der Waals surface area (Å²) in [4.78, 5) is 7.27. The fourth-order valence-electron chi connectivity index (χ4n) is 5.55. The summed E-state index contributed by atoms with van der Waals surface area (Å²) in [5.41, 5.74) is 1.29. The van der Waals surface area contributed by atoms with Gasteiger partial charge in [-0.2, -0.15) is 0 Å². The number of morpholine rings is 3. The Morgan fingerprint density at radius 2 is 0.904 bits per heavy atom. The molecule has 8 nitrogen and oxygen atoms in total. The van der Waals surface area contributed by atoms with Gasteiger partial charge in [-0.05, 0) is 63.7 Å². The Balaban J connectivity index is -0.000000126. The molecule has 0 amide bonds. The van der Waals surface area contributed by atoms with Crippen molar-refractivity contribution in [2.45, 2.75) is 162 Å². The van der Waals surface area contributed by atoms with Gasteiger partial charge in [-0.3, -0.25) is 9.80 Å². The van der Waals surface area contributed by atoms with Gasteiger partial charge in [-0.25, -0.2) is 0 Å². The molecule has 0 spiro atoms. The number of piperazine rings is 1. The predicted octanol–water partition coefficient (Wildman–Crippen LogP) is 10.1. The van der Waals surface area contributed by atoms with Gasteiger partial charge in [-0.15, -0.1) is 26.2 Å². The fourth-order valence-corrected chi connectivity index (χ4v) is 5.55. The van der Waals surface area contributed by atoms with Crippen LogP contribution in [-0.4, -0.2) is 138 Å². The molecule has 52 heavy (non-hydrogen) atoms. The SMILES string of the molecule is CC.CC.CC.CC.CC(C)(C)C1C[N-]CCO1.CC(C)(C)N1CCOCC1.CN1CCOCC1C(C)(C)C.CN1CC[N-]CC1C(C)(C)C.[W].[W]. The smallest absolute Gasteiger partial charge is 0.0627 e. The molecule has 320 valence electrons. The van der Waals surface area contributed by atoms with Gasteiger partial charge < -0.3 is 29.7 Å². The molecule has 0 aromatic rings. The second kappa shape index (κ2) is 36.4. The first-order valence-electron chi connectivity index (χ1n) is 20.4. The van der Waals surface area contributed by atoms with Crippen LogP contribution >= 0.6 is 0 Å². The average molecular weight is 1090 g/mol. The number of hydrogen-bond donors (Lipinski definition) is 0. The van der Waals surface area contributed by atoms with E-state index in [2.05, 4.69) is 123 Å². The molecular weight excluding hydrogens is 990 g/mol. The van der Waals surface area contributed by atoms with Crippen LogP contribution in [0.4, 0.5) is 0 Å². The van der Waals surface area contributed by atoms with E-state index >= 15 is 0 Å². The molecule has 4 aliphatic heterocycles. The molecule has 0 N–H and O–H groups in total. The van der Waals surface area contributed by atoms with E-state index in [0.29, 0.717) is 34.6 Å². The molecule has 4 fully saturated rings. The molecule has 0 aromatic heterocycles. The summed E-state index contributed by atoms with van der Waals surface area (Å²) in [6, 6.07) is 1.22. The van der Waals surface area contributed by atoms with E-state index in [4.69, 9.17) is 14.2 Å². The van der Waals surface area contributed by atoms with E-state index in [-0.39, 0.29) is 47.5 Å². The molecule has 4 saturated heterocycles. The maximum atomic E-state index is 5.55. The van der Waals surface area contributed by atoms with E-state index in [1.807, 2.05) is 55.4 Å². The van der Waals surface area contributed by atoms with Crippen LogP contribution in [0.3, 0.4) is 0 Å². The Labute approximate surface area is 357 Å². The average Bonchev–Trinajstić information content (AvgIpc) is 3.09. The van der Waals surface area contributed by atoms with Crippen molar-refractivity contribution in [3.63, 3.8) is 0 Å². The normalized spacial score (nSPS) is 22.6. The molecule has 3 unspecified atom stereocenters. The Morgan fingerprint density at radius 3 is 1.17 bits per heavy atom. The van der Waals surface area contributed by atoms with Gasteiger partial charge in [0.2, 0.25) is 0 Å². The Morgan fingerprint density at radius 1 is 0.481 bits per heavy atom. The number of rotatable bonds is 0. The van der Waals surface area contributed by atoms with E-state index in [1.165, 1.54) is 0 Å². The zero-order valence-electron chi connectivity index (χ0n) is 39.2. The zero-order valence-corrected chi connectivity index (χ0v) is 45.1. The second-order valence-electron chi connectivity index (χ2n) is 16.6. The second-order valence-corrected chi connectivity index (χ2v) is 16.6. The van der Waals surface area contributed by atoms with Crippen LogP contribution in [-0.2, 0) is 56.3 Å². The van der Waals surface area contributed by atoms with Crippen LogP contribution in [0.25, 0.3) is 10.6 Å². The molecule has 4 rings (SSSR count). The number of likely N-dealkylation sites (N-methyl/N-ethyl adjacent to an activating group) is 2. The third kappa shape index (κ3) is 32.2. The standard InChI is InChI=1S/C9H19N2.C9H19NO.C8H17NO.C8H16NO.4C2H6.2W/c1-9(2,3)8-7-10-5-6-11(8)4;1-9(2,3)8-7-11-6-5-10(8)4;1-8(2,3)9-4-6-10-7-5-9;1-8(2,3)7-6-9-4-5-10-7;4*1-2;;/h2*8H,5-7H2,1-4H3;4-7H2,1-3H3;7H,4-6H2,1-3H3;4*1-2H3;;/q-1;;;-1;;;;;;. The van der Waals surface area contributed by atoms with Crippen LogP contribution in [0, 0.1) is 16.2 Å². The summed E-state index contributed by atoms with van der Waals surface area (Å²) in [6.07, 6.45) is 0.334. The van der Waals surface area contributed by atoms with Crippen LogP contribution in [0.1, 0.15) is 138 Å². The fraction of sp³-hybridized carbons (Fsp3) is 1.00. The molecule has 0 aliphatic carbocycles. The van der Waals surface area contributed by atoms with Crippen molar-refractivity contribution in [3.8, 4) is 0 Å². The zero-order chi connectivity index (χ0) is 40.2. The minimum atomic E-state index is 0. The molecular formula is C42H95N5O3W2-2. The molecule has 4 heterocycles. The van der Waals surface area contributed by atoms with Gasteiger partial charge in [0, 0.05) is 86.1 Å². The molecule has 4 aliphatic rings. The monoisotopic (exact) mass is 1090 g/mol. The summed E-state index contributed by atoms with van der Waals surface area (Å²) in [5.74, 6) is 0. The molecule has 0 aromatic carbocycles. The Bertz CT molecular complexity index is 650. The third-order valence-corrected chi connectivity index (χ3v) is 8.63. The maximum absolute atomic E-state index is 5.55. The molecule has 3 atom stereocenters. The molecule has 0 bridgehead atoms. The summed E-state index contributed by atoms with van der Waals surface area (Å²) in [6.45, 7) is 55.5. The molecule has 0 saturated carbocycles. The summed E-state index contributed by atoms with van der Waals surface area (Å²) in [7, 11) is 4.38.